The van der Waals surface area contributed by atoms with Crippen molar-refractivity contribution >= 4 is 17.5 Å². The van der Waals surface area contributed by atoms with Gasteiger partial charge in [-0.3, -0.25) is 14.4 Å². The number of Topliss-reactive ketones (excluding diaryl/α,β-unsaturated/α-hetero) is 1. The van der Waals surface area contributed by atoms with Crippen molar-refractivity contribution in [3.63, 3.8) is 0 Å². The highest BCUT2D eigenvalue weighted by Crippen LogP contribution is 2.67. The van der Waals surface area contributed by atoms with E-state index in [0.29, 0.717) is 19.3 Å². The number of hydrogen-bond donors (Lipinski definition) is 2. The molecule has 35 heavy (non-hydrogen) atoms. The molecule has 0 bridgehead atoms. The van der Waals surface area contributed by atoms with Crippen LogP contribution in [0.25, 0.3) is 0 Å². The number of carbonyl (C=O) groups is 3. The van der Waals surface area contributed by atoms with Crippen LogP contribution >= 0.6 is 0 Å². The summed E-state index contributed by atoms with van der Waals surface area (Å²) in [6.45, 7) is 3.55. The first kappa shape index (κ1) is 24.1. The smallest absolute Gasteiger partial charge is 0.310 e. The quantitative estimate of drug-likeness (QED) is 0.630. The van der Waals surface area contributed by atoms with Gasteiger partial charge in [-0.1, -0.05) is 55.8 Å². The lowest BCUT2D eigenvalue weighted by Gasteiger charge is -2.59. The van der Waals surface area contributed by atoms with Gasteiger partial charge in [-0.2, -0.15) is 0 Å². The standard InChI is InChI=1S/C29H34O6/c1-27-12-10-20(30)15-19(27)8-9-21-22-11-13-29(34,28(22,2)16-23(31)26(21)27)24(32)17-35-25(33)14-18-6-4-3-5-7-18/h3-7,10,12,15,21-23,26,31,34H,8-9,11,13-14,16-17H2,1-2H3/t21-,22-,23?,26+,27-,28-,29-/m0/s1. The molecule has 3 saturated carbocycles. The zero-order valence-electron chi connectivity index (χ0n) is 20.4. The highest BCUT2D eigenvalue weighted by molar-refractivity contribution is 6.01. The molecule has 0 spiro atoms. The van der Waals surface area contributed by atoms with Crippen molar-refractivity contribution in [3.05, 3.63) is 59.7 Å². The van der Waals surface area contributed by atoms with E-state index in [4.69, 9.17) is 4.74 Å². The predicted octanol–water partition coefficient (Wildman–Crippen LogP) is 3.35. The predicted molar refractivity (Wildman–Crippen MR) is 129 cm³/mol. The number of ether oxygens (including phenoxy) is 1. The van der Waals surface area contributed by atoms with E-state index in [9.17, 15) is 24.6 Å². The molecular weight excluding hydrogens is 444 g/mol. The number of esters is 1. The Labute approximate surface area is 206 Å². The highest BCUT2D eigenvalue weighted by atomic mass is 16.5. The third-order valence-corrected chi connectivity index (χ3v) is 9.66. The molecule has 1 unspecified atom stereocenters. The van der Waals surface area contributed by atoms with Gasteiger partial charge in [-0.05, 0) is 61.7 Å². The molecule has 0 radical (unpaired) electrons. The summed E-state index contributed by atoms with van der Waals surface area (Å²) in [5.74, 6) is -0.865. The van der Waals surface area contributed by atoms with Crippen molar-refractivity contribution in [3.8, 4) is 0 Å². The van der Waals surface area contributed by atoms with Crippen LogP contribution in [0.5, 0.6) is 0 Å². The molecule has 6 heteroatoms. The van der Waals surface area contributed by atoms with E-state index in [2.05, 4.69) is 6.92 Å². The molecule has 2 N–H and O–H groups in total. The van der Waals surface area contributed by atoms with Crippen molar-refractivity contribution in [2.75, 3.05) is 6.61 Å². The molecule has 4 aliphatic rings. The molecule has 0 aliphatic heterocycles. The van der Waals surface area contributed by atoms with Crippen LogP contribution in [0.3, 0.4) is 0 Å². The lowest BCUT2D eigenvalue weighted by Crippen LogP contribution is -2.61. The minimum absolute atomic E-state index is 0.00582. The third-order valence-electron chi connectivity index (χ3n) is 9.66. The van der Waals surface area contributed by atoms with Crippen molar-refractivity contribution in [1.29, 1.82) is 0 Å². The summed E-state index contributed by atoms with van der Waals surface area (Å²) in [4.78, 5) is 37.6. The van der Waals surface area contributed by atoms with Gasteiger partial charge in [0.05, 0.1) is 12.5 Å². The summed E-state index contributed by atoms with van der Waals surface area (Å²) < 4.78 is 5.28. The molecule has 4 aliphatic carbocycles. The fourth-order valence-corrected chi connectivity index (χ4v) is 7.87. The molecular formula is C29H34O6. The Morgan fingerprint density at radius 2 is 1.89 bits per heavy atom. The van der Waals surface area contributed by atoms with Gasteiger partial charge in [0.2, 0.25) is 5.78 Å². The SMILES string of the molecule is C[C@]12C=CC(=O)C=C1CC[C@@H]1[C@@H]2C(O)C[C@@]2(C)[C@H]1CC[C@]2(O)C(=O)COC(=O)Cc1ccccc1. The maximum Gasteiger partial charge on any atom is 0.310 e. The zero-order valence-corrected chi connectivity index (χ0v) is 20.4. The molecule has 0 amide bonds. The summed E-state index contributed by atoms with van der Waals surface area (Å²) in [5, 5.41) is 23.2. The first-order chi connectivity index (χ1) is 16.6. The van der Waals surface area contributed by atoms with Crippen LogP contribution in [-0.2, 0) is 25.5 Å². The number of rotatable bonds is 5. The van der Waals surface area contributed by atoms with Crippen LogP contribution in [0, 0.1) is 28.6 Å². The molecule has 0 heterocycles. The van der Waals surface area contributed by atoms with Crippen molar-refractivity contribution in [1.82, 2.24) is 0 Å². The normalized spacial score (nSPS) is 39.8. The number of hydrogen-bond acceptors (Lipinski definition) is 6. The molecule has 1 aromatic carbocycles. The van der Waals surface area contributed by atoms with E-state index in [0.717, 1.165) is 24.0 Å². The average molecular weight is 479 g/mol. The molecule has 186 valence electrons. The van der Waals surface area contributed by atoms with Crippen LogP contribution in [0.15, 0.2) is 54.1 Å². The van der Waals surface area contributed by atoms with Gasteiger partial charge in [0.25, 0.3) is 0 Å². The first-order valence-electron chi connectivity index (χ1n) is 12.7. The number of allylic oxidation sites excluding steroid dienone is 4. The van der Waals surface area contributed by atoms with E-state index in [-0.39, 0.29) is 30.0 Å². The van der Waals surface area contributed by atoms with E-state index in [1.54, 1.807) is 12.2 Å². The Hall–Kier alpha value is -2.57. The van der Waals surface area contributed by atoms with Crippen LogP contribution in [0.2, 0.25) is 0 Å². The summed E-state index contributed by atoms with van der Waals surface area (Å²) in [6, 6.07) is 9.18. The maximum atomic E-state index is 13.3. The van der Waals surface area contributed by atoms with Crippen LogP contribution in [0.4, 0.5) is 0 Å². The molecule has 0 aromatic heterocycles. The minimum atomic E-state index is -1.65. The van der Waals surface area contributed by atoms with Crippen molar-refractivity contribution < 1.29 is 29.3 Å². The molecule has 5 rings (SSSR count). The lowest BCUT2D eigenvalue weighted by molar-refractivity contribution is -0.181. The van der Waals surface area contributed by atoms with E-state index in [1.165, 1.54) is 0 Å². The van der Waals surface area contributed by atoms with Gasteiger partial charge in [0.1, 0.15) is 5.60 Å². The van der Waals surface area contributed by atoms with Gasteiger partial charge in [0.15, 0.2) is 12.4 Å². The molecule has 7 atom stereocenters. The topological polar surface area (TPSA) is 101 Å². The summed E-state index contributed by atoms with van der Waals surface area (Å²) >= 11 is 0. The number of ketones is 2. The van der Waals surface area contributed by atoms with Crippen LogP contribution in [-0.4, -0.2) is 46.1 Å². The van der Waals surface area contributed by atoms with Crippen molar-refractivity contribution in [2.45, 2.75) is 64.1 Å². The second-order valence-electron chi connectivity index (χ2n) is 11.4. The third kappa shape index (κ3) is 3.73. The summed E-state index contributed by atoms with van der Waals surface area (Å²) in [5.41, 5.74) is -0.969. The second-order valence-corrected chi connectivity index (χ2v) is 11.4. The van der Waals surface area contributed by atoms with Gasteiger partial charge in [0, 0.05) is 16.7 Å². The Bertz CT molecular complexity index is 1110. The second kappa shape index (κ2) is 8.52. The number of aliphatic hydroxyl groups is 2. The average Bonchev–Trinajstić information content (AvgIpc) is 3.09. The highest BCUT2D eigenvalue weighted by Gasteiger charge is 2.68. The van der Waals surface area contributed by atoms with Crippen LogP contribution < -0.4 is 0 Å². The molecule has 6 nitrogen and oxygen atoms in total. The van der Waals surface area contributed by atoms with Crippen molar-refractivity contribution in [2.24, 2.45) is 28.6 Å². The minimum Gasteiger partial charge on any atom is -0.457 e. The Morgan fingerprint density at radius 1 is 1.14 bits per heavy atom. The fraction of sp³-hybridized carbons (Fsp3) is 0.552. The Kier molecular flexibility index (Phi) is 5.88. The maximum absolute atomic E-state index is 13.3. The van der Waals surface area contributed by atoms with E-state index >= 15 is 0 Å². The van der Waals surface area contributed by atoms with Gasteiger partial charge >= 0.3 is 5.97 Å². The Balaban J connectivity index is 1.33. The lowest BCUT2D eigenvalue weighted by atomic mass is 9.46. The number of aliphatic hydroxyl groups excluding tert-OH is 1. The van der Waals surface area contributed by atoms with E-state index < -0.39 is 40.9 Å². The largest absolute Gasteiger partial charge is 0.457 e. The van der Waals surface area contributed by atoms with Gasteiger partial charge < -0.3 is 14.9 Å². The molecule has 0 saturated heterocycles. The van der Waals surface area contributed by atoms with Crippen LogP contribution in [0.1, 0.15) is 51.5 Å². The van der Waals surface area contributed by atoms with E-state index in [1.807, 2.05) is 43.3 Å². The summed E-state index contributed by atoms with van der Waals surface area (Å²) in [6.07, 6.45) is 7.49. The Morgan fingerprint density at radius 3 is 2.63 bits per heavy atom. The van der Waals surface area contributed by atoms with Gasteiger partial charge in [-0.15, -0.1) is 0 Å². The number of fused-ring (bicyclic) bond motifs is 5. The number of carbonyl (C=O) groups excluding carboxylic acids is 3. The van der Waals surface area contributed by atoms with Gasteiger partial charge in [-0.25, -0.2) is 0 Å². The molecule has 1 aromatic rings. The molecule has 3 fully saturated rings. The number of benzene rings is 1. The fourth-order valence-electron chi connectivity index (χ4n) is 7.87. The zero-order chi connectivity index (χ0) is 25.0. The summed E-state index contributed by atoms with van der Waals surface area (Å²) in [7, 11) is 0. The monoisotopic (exact) mass is 478 g/mol. The first-order valence-corrected chi connectivity index (χ1v) is 12.7.